The molecule has 0 bridgehead atoms. The zero-order chi connectivity index (χ0) is 15.8. The topological polar surface area (TPSA) is 69.6 Å². The van der Waals surface area contributed by atoms with Gasteiger partial charge in [-0.05, 0) is 25.3 Å². The minimum atomic E-state index is -0.897. The van der Waals surface area contributed by atoms with E-state index in [2.05, 4.69) is 5.32 Å². The Hall–Kier alpha value is -2.04. The number of urea groups is 1. The van der Waals surface area contributed by atoms with Crippen LogP contribution in [-0.4, -0.2) is 41.1 Å². The SMILES string of the molecule is CC(CNC(=O)N(CCC(=O)O)C(C)C)c1ccccc1. The maximum Gasteiger partial charge on any atom is 0.317 e. The van der Waals surface area contributed by atoms with Crippen molar-refractivity contribution in [3.63, 3.8) is 0 Å². The van der Waals surface area contributed by atoms with Crippen molar-refractivity contribution >= 4 is 12.0 Å². The van der Waals surface area contributed by atoms with E-state index in [4.69, 9.17) is 5.11 Å². The molecule has 0 radical (unpaired) electrons. The molecule has 1 atom stereocenters. The summed E-state index contributed by atoms with van der Waals surface area (Å²) >= 11 is 0. The van der Waals surface area contributed by atoms with Crippen molar-refractivity contribution in [2.24, 2.45) is 0 Å². The summed E-state index contributed by atoms with van der Waals surface area (Å²) in [6.45, 7) is 6.55. The molecule has 1 aromatic rings. The van der Waals surface area contributed by atoms with E-state index in [1.807, 2.05) is 51.1 Å². The van der Waals surface area contributed by atoms with Gasteiger partial charge in [-0.1, -0.05) is 37.3 Å². The van der Waals surface area contributed by atoms with Crippen LogP contribution in [0.1, 0.15) is 38.7 Å². The Morgan fingerprint density at radius 3 is 2.33 bits per heavy atom. The van der Waals surface area contributed by atoms with Crippen LogP contribution in [0, 0.1) is 0 Å². The van der Waals surface area contributed by atoms with Gasteiger partial charge in [-0.3, -0.25) is 4.79 Å². The highest BCUT2D eigenvalue weighted by molar-refractivity contribution is 5.75. The molecule has 0 saturated heterocycles. The number of benzene rings is 1. The van der Waals surface area contributed by atoms with Crippen molar-refractivity contribution < 1.29 is 14.7 Å². The van der Waals surface area contributed by atoms with Gasteiger partial charge in [0.05, 0.1) is 6.42 Å². The molecular formula is C16H24N2O3. The molecule has 0 aromatic heterocycles. The Morgan fingerprint density at radius 1 is 1.19 bits per heavy atom. The van der Waals surface area contributed by atoms with Gasteiger partial charge in [0.2, 0.25) is 0 Å². The van der Waals surface area contributed by atoms with Crippen LogP contribution in [0.3, 0.4) is 0 Å². The van der Waals surface area contributed by atoms with E-state index < -0.39 is 5.97 Å². The predicted octanol–water partition coefficient (Wildman–Crippen LogP) is 2.68. The molecule has 1 aromatic carbocycles. The third kappa shape index (κ3) is 5.85. The molecule has 116 valence electrons. The van der Waals surface area contributed by atoms with Crippen molar-refractivity contribution in [3.8, 4) is 0 Å². The van der Waals surface area contributed by atoms with E-state index in [1.165, 1.54) is 5.56 Å². The lowest BCUT2D eigenvalue weighted by molar-refractivity contribution is -0.137. The Kier molecular flexibility index (Phi) is 6.72. The summed E-state index contributed by atoms with van der Waals surface area (Å²) in [5, 5.41) is 11.6. The quantitative estimate of drug-likeness (QED) is 0.811. The smallest absolute Gasteiger partial charge is 0.317 e. The fraction of sp³-hybridized carbons (Fsp3) is 0.500. The average molecular weight is 292 g/mol. The van der Waals surface area contributed by atoms with Gasteiger partial charge in [0.15, 0.2) is 0 Å². The van der Waals surface area contributed by atoms with Crippen molar-refractivity contribution in [2.45, 2.75) is 39.2 Å². The summed E-state index contributed by atoms with van der Waals surface area (Å²) < 4.78 is 0. The lowest BCUT2D eigenvalue weighted by atomic mass is 10.0. The molecule has 0 heterocycles. The van der Waals surface area contributed by atoms with Crippen molar-refractivity contribution in [1.29, 1.82) is 0 Å². The molecular weight excluding hydrogens is 268 g/mol. The van der Waals surface area contributed by atoms with Crippen LogP contribution in [0.4, 0.5) is 4.79 Å². The lowest BCUT2D eigenvalue weighted by Gasteiger charge is -2.27. The molecule has 0 aliphatic rings. The van der Waals surface area contributed by atoms with E-state index in [-0.39, 0.29) is 31.0 Å². The van der Waals surface area contributed by atoms with Gasteiger partial charge in [-0.25, -0.2) is 4.79 Å². The standard InChI is InChI=1S/C16H24N2O3/c1-12(2)18(10-9-15(19)20)16(21)17-11-13(3)14-7-5-4-6-8-14/h4-8,12-13H,9-11H2,1-3H3,(H,17,21)(H,19,20). The Labute approximate surface area is 126 Å². The summed E-state index contributed by atoms with van der Waals surface area (Å²) in [5.74, 6) is -0.685. The van der Waals surface area contributed by atoms with Gasteiger partial charge in [-0.15, -0.1) is 0 Å². The van der Waals surface area contributed by atoms with Crippen molar-refractivity contribution in [1.82, 2.24) is 10.2 Å². The highest BCUT2D eigenvalue weighted by Gasteiger charge is 2.18. The van der Waals surface area contributed by atoms with Crippen LogP contribution in [0.15, 0.2) is 30.3 Å². The van der Waals surface area contributed by atoms with E-state index in [9.17, 15) is 9.59 Å². The number of carboxylic acids is 1. The normalized spacial score (nSPS) is 12.0. The van der Waals surface area contributed by atoms with Crippen LogP contribution in [0.5, 0.6) is 0 Å². The van der Waals surface area contributed by atoms with E-state index in [0.29, 0.717) is 6.54 Å². The predicted molar refractivity (Wildman–Crippen MR) is 82.4 cm³/mol. The largest absolute Gasteiger partial charge is 0.481 e. The van der Waals surface area contributed by atoms with Crippen molar-refractivity contribution in [3.05, 3.63) is 35.9 Å². The molecule has 21 heavy (non-hydrogen) atoms. The first-order chi connectivity index (χ1) is 9.91. The number of carbonyl (C=O) groups excluding carboxylic acids is 1. The second-order valence-electron chi connectivity index (χ2n) is 5.43. The molecule has 5 nitrogen and oxygen atoms in total. The molecule has 0 saturated carbocycles. The maximum absolute atomic E-state index is 12.2. The fourth-order valence-corrected chi connectivity index (χ4v) is 2.05. The van der Waals surface area contributed by atoms with Crippen LogP contribution in [-0.2, 0) is 4.79 Å². The Balaban J connectivity index is 2.51. The number of nitrogens with one attached hydrogen (secondary N) is 1. The number of amides is 2. The van der Waals surface area contributed by atoms with Gasteiger partial charge in [0, 0.05) is 19.1 Å². The number of hydrogen-bond donors (Lipinski definition) is 2. The molecule has 0 spiro atoms. The lowest BCUT2D eigenvalue weighted by Crippen LogP contribution is -2.45. The van der Waals surface area contributed by atoms with Gasteiger partial charge in [0.25, 0.3) is 0 Å². The number of hydrogen-bond acceptors (Lipinski definition) is 2. The molecule has 1 unspecified atom stereocenters. The van der Waals surface area contributed by atoms with Crippen LogP contribution in [0.25, 0.3) is 0 Å². The third-order valence-corrected chi connectivity index (χ3v) is 3.38. The highest BCUT2D eigenvalue weighted by Crippen LogP contribution is 2.13. The Morgan fingerprint density at radius 2 is 1.81 bits per heavy atom. The summed E-state index contributed by atoms with van der Waals surface area (Å²) in [6.07, 6.45) is -0.0418. The molecule has 0 aliphatic carbocycles. The molecule has 1 rings (SSSR count). The average Bonchev–Trinajstić information content (AvgIpc) is 2.45. The molecule has 2 N–H and O–H groups in total. The first-order valence-electron chi connectivity index (χ1n) is 7.23. The number of nitrogens with zero attached hydrogens (tertiary/aromatic N) is 1. The highest BCUT2D eigenvalue weighted by atomic mass is 16.4. The van der Waals surface area contributed by atoms with Crippen LogP contribution in [0.2, 0.25) is 0 Å². The van der Waals surface area contributed by atoms with Gasteiger partial charge >= 0.3 is 12.0 Å². The monoisotopic (exact) mass is 292 g/mol. The summed E-state index contributed by atoms with van der Waals surface area (Å²) in [7, 11) is 0. The van der Waals surface area contributed by atoms with Gasteiger partial charge in [0.1, 0.15) is 0 Å². The minimum Gasteiger partial charge on any atom is -0.481 e. The van der Waals surface area contributed by atoms with Gasteiger partial charge < -0.3 is 15.3 Å². The second-order valence-corrected chi connectivity index (χ2v) is 5.43. The van der Waals surface area contributed by atoms with Crippen LogP contribution >= 0.6 is 0 Å². The first-order valence-corrected chi connectivity index (χ1v) is 7.23. The first kappa shape index (κ1) is 17.0. The number of rotatable bonds is 7. The minimum absolute atomic E-state index is 0.0311. The number of aliphatic carboxylic acids is 1. The zero-order valence-corrected chi connectivity index (χ0v) is 12.9. The van der Waals surface area contributed by atoms with Crippen molar-refractivity contribution in [2.75, 3.05) is 13.1 Å². The molecule has 2 amide bonds. The maximum atomic E-state index is 12.2. The zero-order valence-electron chi connectivity index (χ0n) is 12.9. The van der Waals surface area contributed by atoms with E-state index in [0.717, 1.165) is 0 Å². The summed E-state index contributed by atoms with van der Waals surface area (Å²) in [4.78, 5) is 24.3. The molecule has 5 heteroatoms. The van der Waals surface area contributed by atoms with Crippen LogP contribution < -0.4 is 5.32 Å². The molecule has 0 fully saturated rings. The fourth-order valence-electron chi connectivity index (χ4n) is 2.05. The summed E-state index contributed by atoms with van der Waals surface area (Å²) in [6, 6.07) is 9.72. The number of carbonyl (C=O) groups is 2. The summed E-state index contributed by atoms with van der Waals surface area (Å²) in [5.41, 5.74) is 1.17. The Bertz CT molecular complexity index is 460. The van der Waals surface area contributed by atoms with E-state index in [1.54, 1.807) is 4.90 Å². The molecule has 0 aliphatic heterocycles. The number of carboxylic acid groups (broad SMARTS) is 1. The third-order valence-electron chi connectivity index (χ3n) is 3.38. The van der Waals surface area contributed by atoms with Gasteiger partial charge in [-0.2, -0.15) is 0 Å². The van der Waals surface area contributed by atoms with E-state index >= 15 is 0 Å². The second kappa shape index (κ2) is 8.29.